The first kappa shape index (κ1) is 23.4. The summed E-state index contributed by atoms with van der Waals surface area (Å²) in [5, 5.41) is 9.97. The van der Waals surface area contributed by atoms with Gasteiger partial charge in [0.2, 0.25) is 0 Å². The number of benzene rings is 2. The summed E-state index contributed by atoms with van der Waals surface area (Å²) in [6.45, 7) is 3.31. The van der Waals surface area contributed by atoms with Crippen LogP contribution in [0.3, 0.4) is 0 Å². The molecule has 2 fully saturated rings. The predicted octanol–water partition coefficient (Wildman–Crippen LogP) is 5.12. The van der Waals surface area contributed by atoms with Gasteiger partial charge >= 0.3 is 5.97 Å². The molecule has 1 aliphatic heterocycles. The number of ether oxygens (including phenoxy) is 1. The average Bonchev–Trinajstić information content (AvgIpc) is 2.84. The number of carbonyl (C=O) groups is 1. The standard InChI is InChI=1S/C27H30F2N2O2/c1-19-17-31(16-15-27(19,25(32)33-2)23-5-3-4-6-24(23)29)22-11-13-26(18-30,14-12-22)20-7-9-21(28)10-8-20/h3-10,19,22H,11-17H2,1-2H3. The Balaban J connectivity index is 1.50. The zero-order valence-electron chi connectivity index (χ0n) is 19.2. The quantitative estimate of drug-likeness (QED) is 0.604. The molecule has 0 spiro atoms. The lowest BCUT2D eigenvalue weighted by Gasteiger charge is -2.49. The number of carbonyl (C=O) groups excluding carboxylic acids is 1. The Hall–Kier alpha value is -2.78. The summed E-state index contributed by atoms with van der Waals surface area (Å²) in [4.78, 5) is 15.4. The van der Waals surface area contributed by atoms with Crippen molar-refractivity contribution >= 4 is 5.97 Å². The summed E-state index contributed by atoms with van der Waals surface area (Å²) in [6, 6.07) is 15.6. The van der Waals surface area contributed by atoms with Crippen LogP contribution in [0.5, 0.6) is 0 Å². The second-order valence-corrected chi connectivity index (χ2v) is 9.52. The number of hydrogen-bond donors (Lipinski definition) is 0. The summed E-state index contributed by atoms with van der Waals surface area (Å²) in [7, 11) is 1.36. The topological polar surface area (TPSA) is 53.3 Å². The Morgan fingerprint density at radius 1 is 1.09 bits per heavy atom. The number of methoxy groups -OCH3 is 1. The van der Waals surface area contributed by atoms with E-state index in [9.17, 15) is 18.8 Å². The van der Waals surface area contributed by atoms with E-state index in [0.29, 0.717) is 44.0 Å². The van der Waals surface area contributed by atoms with E-state index in [0.717, 1.165) is 18.4 Å². The molecule has 0 N–H and O–H groups in total. The molecule has 1 saturated carbocycles. The summed E-state index contributed by atoms with van der Waals surface area (Å²) in [5.74, 6) is -1.19. The van der Waals surface area contributed by atoms with Gasteiger partial charge in [-0.05, 0) is 68.3 Å². The normalized spacial score (nSPS) is 30.4. The highest BCUT2D eigenvalue weighted by molar-refractivity contribution is 5.84. The van der Waals surface area contributed by atoms with Crippen LogP contribution in [-0.2, 0) is 20.4 Å². The number of piperidine rings is 1. The van der Waals surface area contributed by atoms with Gasteiger partial charge in [-0.3, -0.25) is 4.79 Å². The molecule has 4 rings (SSSR count). The maximum absolute atomic E-state index is 14.8. The van der Waals surface area contributed by atoms with Crippen LogP contribution >= 0.6 is 0 Å². The maximum atomic E-state index is 14.8. The van der Waals surface area contributed by atoms with E-state index < -0.39 is 10.8 Å². The average molecular weight is 453 g/mol. The summed E-state index contributed by atoms with van der Waals surface area (Å²) < 4.78 is 33.3. The molecule has 0 amide bonds. The van der Waals surface area contributed by atoms with Crippen molar-refractivity contribution in [3.8, 4) is 6.07 Å². The molecule has 2 unspecified atom stereocenters. The SMILES string of the molecule is COC(=O)C1(c2ccccc2F)CCN(C2CCC(C#N)(c3ccc(F)cc3)CC2)CC1C. The van der Waals surface area contributed by atoms with Gasteiger partial charge in [-0.1, -0.05) is 37.3 Å². The molecule has 0 aromatic heterocycles. The summed E-state index contributed by atoms with van der Waals surface area (Å²) in [5.41, 5.74) is -0.307. The van der Waals surface area contributed by atoms with Gasteiger partial charge in [0.05, 0.1) is 18.6 Å². The van der Waals surface area contributed by atoms with Gasteiger partial charge < -0.3 is 9.64 Å². The largest absolute Gasteiger partial charge is 0.468 e. The number of rotatable bonds is 4. The van der Waals surface area contributed by atoms with E-state index in [1.165, 1.54) is 25.3 Å². The van der Waals surface area contributed by atoms with Crippen molar-refractivity contribution in [2.45, 2.75) is 55.9 Å². The highest BCUT2D eigenvalue weighted by Gasteiger charge is 2.51. The van der Waals surface area contributed by atoms with Gasteiger partial charge in [-0.2, -0.15) is 5.26 Å². The van der Waals surface area contributed by atoms with E-state index in [4.69, 9.17) is 4.74 Å². The van der Waals surface area contributed by atoms with Gasteiger partial charge in [0.25, 0.3) is 0 Å². The van der Waals surface area contributed by atoms with Crippen LogP contribution in [-0.4, -0.2) is 37.1 Å². The van der Waals surface area contributed by atoms with Crippen LogP contribution in [0.15, 0.2) is 48.5 Å². The Labute approximate surface area is 194 Å². The van der Waals surface area contributed by atoms with Gasteiger partial charge in [0, 0.05) is 18.2 Å². The number of halogens is 2. The Kier molecular flexibility index (Phi) is 6.54. The molecule has 2 aromatic rings. The zero-order chi connectivity index (χ0) is 23.6. The van der Waals surface area contributed by atoms with E-state index in [2.05, 4.69) is 11.0 Å². The number of likely N-dealkylation sites (tertiary alicyclic amines) is 1. The first-order chi connectivity index (χ1) is 15.9. The third kappa shape index (κ3) is 4.04. The highest BCUT2D eigenvalue weighted by atomic mass is 19.1. The van der Waals surface area contributed by atoms with Crippen molar-refractivity contribution in [3.05, 3.63) is 71.3 Å². The third-order valence-corrected chi connectivity index (χ3v) is 7.98. The monoisotopic (exact) mass is 452 g/mol. The van der Waals surface area contributed by atoms with Crippen molar-refractivity contribution < 1.29 is 18.3 Å². The van der Waals surface area contributed by atoms with Crippen LogP contribution in [0.25, 0.3) is 0 Å². The maximum Gasteiger partial charge on any atom is 0.316 e. The lowest BCUT2D eigenvalue weighted by Crippen LogP contribution is -2.56. The zero-order valence-corrected chi connectivity index (χ0v) is 19.2. The smallest absolute Gasteiger partial charge is 0.316 e. The van der Waals surface area contributed by atoms with Gasteiger partial charge in [-0.25, -0.2) is 8.78 Å². The molecule has 2 aromatic carbocycles. The molecule has 33 heavy (non-hydrogen) atoms. The molecule has 0 bridgehead atoms. The Morgan fingerprint density at radius 2 is 1.76 bits per heavy atom. The highest BCUT2D eigenvalue weighted by Crippen LogP contribution is 2.45. The second-order valence-electron chi connectivity index (χ2n) is 9.52. The summed E-state index contributed by atoms with van der Waals surface area (Å²) in [6.07, 6.45) is 3.60. The molecule has 4 nitrogen and oxygen atoms in total. The van der Waals surface area contributed by atoms with Crippen LogP contribution in [0, 0.1) is 28.9 Å². The van der Waals surface area contributed by atoms with E-state index in [1.54, 1.807) is 30.3 Å². The molecule has 1 aliphatic carbocycles. The fourth-order valence-electron chi connectivity index (χ4n) is 6.01. The van der Waals surface area contributed by atoms with Crippen LogP contribution in [0.4, 0.5) is 8.78 Å². The molecular weight excluding hydrogens is 422 g/mol. The van der Waals surface area contributed by atoms with E-state index in [-0.39, 0.29) is 23.5 Å². The van der Waals surface area contributed by atoms with Crippen molar-refractivity contribution in [2.24, 2.45) is 5.92 Å². The van der Waals surface area contributed by atoms with Crippen molar-refractivity contribution in [1.29, 1.82) is 5.26 Å². The summed E-state index contributed by atoms with van der Waals surface area (Å²) >= 11 is 0. The van der Waals surface area contributed by atoms with Crippen molar-refractivity contribution in [2.75, 3.05) is 20.2 Å². The van der Waals surface area contributed by atoms with E-state index >= 15 is 0 Å². The minimum Gasteiger partial charge on any atom is -0.468 e. The number of nitrogens with zero attached hydrogens (tertiary/aromatic N) is 2. The van der Waals surface area contributed by atoms with Crippen molar-refractivity contribution in [1.82, 2.24) is 4.90 Å². The minimum atomic E-state index is -1.00. The number of hydrogen-bond acceptors (Lipinski definition) is 4. The van der Waals surface area contributed by atoms with Gasteiger partial charge in [0.15, 0.2) is 0 Å². The number of nitriles is 1. The van der Waals surface area contributed by atoms with Crippen molar-refractivity contribution in [3.63, 3.8) is 0 Å². The van der Waals surface area contributed by atoms with Gasteiger partial charge in [-0.15, -0.1) is 0 Å². The van der Waals surface area contributed by atoms with Gasteiger partial charge in [0.1, 0.15) is 17.0 Å². The number of esters is 1. The Bertz CT molecular complexity index is 1040. The molecule has 1 heterocycles. The van der Waals surface area contributed by atoms with Crippen LogP contribution in [0.2, 0.25) is 0 Å². The van der Waals surface area contributed by atoms with Crippen LogP contribution in [0.1, 0.15) is 50.2 Å². The second kappa shape index (κ2) is 9.23. The fraction of sp³-hybridized carbons (Fsp3) is 0.481. The van der Waals surface area contributed by atoms with Crippen LogP contribution < -0.4 is 0 Å². The molecular formula is C27H30F2N2O2. The first-order valence-corrected chi connectivity index (χ1v) is 11.6. The molecule has 0 radical (unpaired) electrons. The first-order valence-electron chi connectivity index (χ1n) is 11.6. The third-order valence-electron chi connectivity index (χ3n) is 7.98. The molecule has 174 valence electrons. The molecule has 2 aliphatic rings. The van der Waals surface area contributed by atoms with E-state index in [1.807, 2.05) is 6.92 Å². The predicted molar refractivity (Wildman–Crippen MR) is 121 cm³/mol. The molecule has 6 heteroatoms. The lowest BCUT2D eigenvalue weighted by atomic mass is 9.65. The minimum absolute atomic E-state index is 0.129. The fourth-order valence-corrected chi connectivity index (χ4v) is 6.01. The Morgan fingerprint density at radius 3 is 2.33 bits per heavy atom. The molecule has 2 atom stereocenters. The lowest BCUT2D eigenvalue weighted by molar-refractivity contribution is -0.153. The molecule has 1 saturated heterocycles.